The molecule has 0 bridgehead atoms. The van der Waals surface area contributed by atoms with Gasteiger partial charge in [0.2, 0.25) is 20.0 Å². The summed E-state index contributed by atoms with van der Waals surface area (Å²) in [6.45, 7) is 2.58. The summed E-state index contributed by atoms with van der Waals surface area (Å²) in [6.07, 6.45) is 5.14. The molecule has 0 atom stereocenters. The fourth-order valence-electron chi connectivity index (χ4n) is 4.13. The first-order valence-electron chi connectivity index (χ1n) is 11.6. The van der Waals surface area contributed by atoms with Crippen LogP contribution in [0.5, 0.6) is 5.75 Å². The van der Waals surface area contributed by atoms with Gasteiger partial charge < -0.3 is 9.15 Å². The van der Waals surface area contributed by atoms with Crippen molar-refractivity contribution >= 4 is 20.0 Å². The first kappa shape index (κ1) is 25.4. The van der Waals surface area contributed by atoms with Crippen molar-refractivity contribution < 1.29 is 26.0 Å². The van der Waals surface area contributed by atoms with Crippen LogP contribution in [0.1, 0.15) is 43.9 Å². The minimum Gasteiger partial charge on any atom is -0.494 e. The van der Waals surface area contributed by atoms with E-state index in [0.29, 0.717) is 18.1 Å². The van der Waals surface area contributed by atoms with E-state index >= 15 is 0 Å². The third-order valence-electron chi connectivity index (χ3n) is 5.95. The van der Waals surface area contributed by atoms with Gasteiger partial charge in [-0.15, -0.1) is 0 Å². The van der Waals surface area contributed by atoms with Crippen molar-refractivity contribution in [3.05, 3.63) is 78.3 Å². The number of ether oxygens (including phenoxy) is 1. The Morgan fingerprint density at radius 1 is 0.914 bits per heavy atom. The quantitative estimate of drug-likeness (QED) is 0.406. The fourth-order valence-corrected chi connectivity index (χ4v) is 6.83. The van der Waals surface area contributed by atoms with Gasteiger partial charge in [-0.3, -0.25) is 0 Å². The van der Waals surface area contributed by atoms with E-state index in [-0.39, 0.29) is 28.9 Å². The van der Waals surface area contributed by atoms with Crippen molar-refractivity contribution in [1.82, 2.24) is 9.03 Å². The van der Waals surface area contributed by atoms with Crippen molar-refractivity contribution in [3.8, 4) is 5.75 Å². The molecule has 1 N–H and O–H groups in total. The molecule has 1 aliphatic rings. The summed E-state index contributed by atoms with van der Waals surface area (Å²) in [5.41, 5.74) is 0.781. The van der Waals surface area contributed by atoms with E-state index in [1.807, 2.05) is 19.1 Å². The molecule has 1 heterocycles. The molecule has 10 heteroatoms. The lowest BCUT2D eigenvalue weighted by Crippen LogP contribution is -2.33. The highest BCUT2D eigenvalue weighted by molar-refractivity contribution is 7.89. The topological polar surface area (TPSA) is 106 Å². The molecule has 0 aliphatic heterocycles. The Bertz CT molecular complexity index is 1300. The summed E-state index contributed by atoms with van der Waals surface area (Å²) in [4.78, 5) is 0.0576. The first-order valence-corrected chi connectivity index (χ1v) is 14.6. The van der Waals surface area contributed by atoms with Crippen LogP contribution in [0.3, 0.4) is 0 Å². The number of nitrogens with one attached hydrogen (secondary N) is 1. The molecule has 35 heavy (non-hydrogen) atoms. The van der Waals surface area contributed by atoms with Crippen molar-refractivity contribution in [2.75, 3.05) is 6.61 Å². The second-order valence-electron chi connectivity index (χ2n) is 8.50. The van der Waals surface area contributed by atoms with Crippen molar-refractivity contribution in [2.45, 2.75) is 61.5 Å². The molecule has 1 fully saturated rings. The van der Waals surface area contributed by atoms with Crippen molar-refractivity contribution in [1.29, 1.82) is 0 Å². The first-order chi connectivity index (χ1) is 16.8. The number of furan rings is 1. The summed E-state index contributed by atoms with van der Waals surface area (Å²) in [6, 6.07) is 15.9. The van der Waals surface area contributed by atoms with E-state index in [9.17, 15) is 16.8 Å². The molecule has 0 amide bonds. The van der Waals surface area contributed by atoms with Gasteiger partial charge in [0.1, 0.15) is 11.5 Å². The minimum atomic E-state index is -3.95. The zero-order chi connectivity index (χ0) is 24.9. The minimum absolute atomic E-state index is 0.00908. The lowest BCUT2D eigenvalue weighted by Gasteiger charge is -2.22. The molecule has 8 nitrogen and oxygen atoms in total. The van der Waals surface area contributed by atoms with Gasteiger partial charge in [-0.05, 0) is 73.9 Å². The number of sulfonamides is 2. The van der Waals surface area contributed by atoms with Crippen LogP contribution < -0.4 is 9.46 Å². The highest BCUT2D eigenvalue weighted by Gasteiger charge is 2.28. The lowest BCUT2D eigenvalue weighted by molar-refractivity contribution is 0.339. The van der Waals surface area contributed by atoms with Crippen LogP contribution in [0.15, 0.2) is 81.1 Å². The molecule has 4 rings (SSSR count). The van der Waals surface area contributed by atoms with E-state index in [1.54, 1.807) is 24.3 Å². The second kappa shape index (κ2) is 10.9. The predicted octanol–water partition coefficient (Wildman–Crippen LogP) is 4.29. The van der Waals surface area contributed by atoms with Crippen LogP contribution >= 0.6 is 0 Å². The Labute approximate surface area is 207 Å². The Kier molecular flexibility index (Phi) is 7.95. The summed E-state index contributed by atoms with van der Waals surface area (Å²) in [7, 11) is -7.66. The summed E-state index contributed by atoms with van der Waals surface area (Å²) in [5, 5.41) is 0. The Morgan fingerprint density at radius 2 is 1.57 bits per heavy atom. The zero-order valence-corrected chi connectivity index (χ0v) is 21.2. The van der Waals surface area contributed by atoms with Gasteiger partial charge in [-0.25, -0.2) is 21.6 Å². The number of hydrogen-bond donors (Lipinski definition) is 1. The SMILES string of the molecule is CCOc1ccc(CN(Cc2ccco2)S(=O)(=O)c2ccc(S(=O)(=O)NC3CCCC3)cc2)cc1. The van der Waals surface area contributed by atoms with Crippen LogP contribution in [0.2, 0.25) is 0 Å². The van der Waals surface area contributed by atoms with E-state index in [4.69, 9.17) is 9.15 Å². The van der Waals surface area contributed by atoms with E-state index in [0.717, 1.165) is 31.2 Å². The standard InChI is InChI=1S/C25H30N2O6S2/c1-2-32-22-11-9-20(10-12-22)18-27(19-23-8-5-17-33-23)35(30,31)25-15-13-24(14-16-25)34(28,29)26-21-6-3-4-7-21/h5,8-17,21,26H,2-4,6-7,18-19H2,1H3. The molecule has 0 saturated heterocycles. The van der Waals surface area contributed by atoms with Gasteiger partial charge in [-0.2, -0.15) is 4.31 Å². The summed E-state index contributed by atoms with van der Waals surface area (Å²) >= 11 is 0. The lowest BCUT2D eigenvalue weighted by atomic mass is 10.2. The molecular formula is C25H30N2O6S2. The van der Waals surface area contributed by atoms with Crippen LogP contribution in [0.25, 0.3) is 0 Å². The molecular weight excluding hydrogens is 488 g/mol. The molecule has 1 aromatic heterocycles. The van der Waals surface area contributed by atoms with Crippen LogP contribution in [0, 0.1) is 0 Å². The van der Waals surface area contributed by atoms with E-state index < -0.39 is 20.0 Å². The van der Waals surface area contributed by atoms with Gasteiger partial charge in [0.25, 0.3) is 0 Å². The molecule has 188 valence electrons. The largest absolute Gasteiger partial charge is 0.494 e. The van der Waals surface area contributed by atoms with Gasteiger partial charge in [0, 0.05) is 12.6 Å². The second-order valence-corrected chi connectivity index (χ2v) is 12.2. The van der Waals surface area contributed by atoms with Gasteiger partial charge in [0.15, 0.2) is 0 Å². The van der Waals surface area contributed by atoms with Crippen LogP contribution in [0.4, 0.5) is 0 Å². The average Bonchev–Trinajstić information content (AvgIpc) is 3.54. The third kappa shape index (κ3) is 6.32. The number of nitrogens with zero attached hydrogens (tertiary/aromatic N) is 1. The van der Waals surface area contributed by atoms with E-state index in [2.05, 4.69) is 4.72 Å². The fraction of sp³-hybridized carbons (Fsp3) is 0.360. The van der Waals surface area contributed by atoms with Gasteiger partial charge in [0.05, 0.1) is 29.2 Å². The van der Waals surface area contributed by atoms with Crippen molar-refractivity contribution in [2.24, 2.45) is 0 Å². The molecule has 1 aliphatic carbocycles. The number of hydrogen-bond acceptors (Lipinski definition) is 6. The third-order valence-corrected chi connectivity index (χ3v) is 9.30. The van der Waals surface area contributed by atoms with E-state index in [1.165, 1.54) is 34.8 Å². The Morgan fingerprint density at radius 3 is 2.17 bits per heavy atom. The Hall–Kier alpha value is -2.66. The molecule has 0 spiro atoms. The molecule has 3 aromatic rings. The maximum atomic E-state index is 13.6. The highest BCUT2D eigenvalue weighted by Crippen LogP contribution is 2.25. The van der Waals surface area contributed by atoms with Crippen LogP contribution in [-0.2, 0) is 33.1 Å². The normalized spacial score (nSPS) is 15.0. The van der Waals surface area contributed by atoms with Crippen molar-refractivity contribution in [3.63, 3.8) is 0 Å². The summed E-state index contributed by atoms with van der Waals surface area (Å²) < 4.78 is 67.5. The Balaban J connectivity index is 1.57. The van der Waals surface area contributed by atoms with Crippen LogP contribution in [-0.4, -0.2) is 33.8 Å². The number of benzene rings is 2. The summed E-state index contributed by atoms with van der Waals surface area (Å²) in [5.74, 6) is 1.21. The smallest absolute Gasteiger partial charge is 0.243 e. The molecule has 0 radical (unpaired) electrons. The highest BCUT2D eigenvalue weighted by atomic mass is 32.2. The van der Waals surface area contributed by atoms with Gasteiger partial charge in [-0.1, -0.05) is 25.0 Å². The maximum Gasteiger partial charge on any atom is 0.243 e. The molecule has 2 aromatic carbocycles. The molecule has 1 saturated carbocycles. The average molecular weight is 519 g/mol. The zero-order valence-electron chi connectivity index (χ0n) is 19.6. The van der Waals surface area contributed by atoms with Gasteiger partial charge >= 0.3 is 0 Å². The maximum absolute atomic E-state index is 13.6. The predicted molar refractivity (Wildman–Crippen MR) is 132 cm³/mol. The molecule has 0 unspecified atom stereocenters. The monoisotopic (exact) mass is 518 g/mol. The number of rotatable bonds is 11.